The second-order valence-corrected chi connectivity index (χ2v) is 9.30. The fraction of sp³-hybridized carbons (Fsp3) is 0.720. The third kappa shape index (κ3) is 7.84. The molecule has 0 spiro atoms. The van der Waals surface area contributed by atoms with Gasteiger partial charge in [-0.2, -0.15) is 0 Å². The van der Waals surface area contributed by atoms with Crippen LogP contribution in [0.4, 0.5) is 0 Å². The highest BCUT2D eigenvalue weighted by molar-refractivity contribution is 5.96. The van der Waals surface area contributed by atoms with Crippen molar-refractivity contribution in [3.8, 4) is 0 Å². The summed E-state index contributed by atoms with van der Waals surface area (Å²) in [5, 5.41) is 18.1. The van der Waals surface area contributed by atoms with Crippen LogP contribution in [0.3, 0.4) is 0 Å². The van der Waals surface area contributed by atoms with Crippen LogP contribution in [0, 0.1) is 11.8 Å². The highest BCUT2D eigenvalue weighted by Gasteiger charge is 2.36. The number of ketones is 1. The number of hydrogen-bond donors (Lipinski definition) is 1. The summed E-state index contributed by atoms with van der Waals surface area (Å²) in [6.07, 6.45) is 13.7. The smallest absolute Gasteiger partial charge is 0.159 e. The van der Waals surface area contributed by atoms with Crippen LogP contribution in [0.5, 0.6) is 0 Å². The normalized spacial score (nSPS) is 26.3. The van der Waals surface area contributed by atoms with E-state index in [9.17, 15) is 9.90 Å². The van der Waals surface area contributed by atoms with Crippen molar-refractivity contribution in [3.63, 3.8) is 0 Å². The Labute approximate surface area is 176 Å². The molecule has 0 radical (unpaired) electrons. The molecule has 0 saturated carbocycles. The summed E-state index contributed by atoms with van der Waals surface area (Å²) in [6.45, 7) is 8.43. The Morgan fingerprint density at radius 1 is 1.28 bits per heavy atom. The van der Waals surface area contributed by atoms with Crippen molar-refractivity contribution in [3.05, 3.63) is 34.9 Å². The SMILES string of the molecule is CC(C)=CCC(C)CCC[C@@H]([OH2+])CCC[C@H]1C=C(CO)C2CC(=O)C(C)=CC2O1. The highest BCUT2D eigenvalue weighted by atomic mass is 16.5. The zero-order valence-corrected chi connectivity index (χ0v) is 18.7. The molecule has 0 aromatic carbocycles. The van der Waals surface area contributed by atoms with Crippen LogP contribution in [-0.2, 0) is 9.53 Å². The minimum Gasteiger partial charge on any atom is -0.443 e. The Kier molecular flexibility index (Phi) is 9.81. The summed E-state index contributed by atoms with van der Waals surface area (Å²) >= 11 is 0. The molecular formula is C25H41O4+. The van der Waals surface area contributed by atoms with Crippen molar-refractivity contribution in [1.82, 2.24) is 0 Å². The number of hydrogen-bond acceptors (Lipinski definition) is 3. The molecule has 3 N–H and O–H groups in total. The van der Waals surface area contributed by atoms with Crippen molar-refractivity contribution in [1.29, 1.82) is 0 Å². The van der Waals surface area contributed by atoms with Crippen molar-refractivity contribution < 1.29 is 19.7 Å². The van der Waals surface area contributed by atoms with Crippen LogP contribution < -0.4 is 0 Å². The minimum atomic E-state index is -0.0982. The zero-order chi connectivity index (χ0) is 21.4. The molecule has 4 nitrogen and oxygen atoms in total. The summed E-state index contributed by atoms with van der Waals surface area (Å²) < 4.78 is 6.20. The summed E-state index contributed by atoms with van der Waals surface area (Å²) in [5.74, 6) is 0.839. The first-order chi connectivity index (χ1) is 13.8. The largest absolute Gasteiger partial charge is 0.443 e. The molecule has 4 heteroatoms. The van der Waals surface area contributed by atoms with Gasteiger partial charge in [0.15, 0.2) is 11.9 Å². The molecule has 29 heavy (non-hydrogen) atoms. The van der Waals surface area contributed by atoms with Gasteiger partial charge in [-0.1, -0.05) is 31.1 Å². The van der Waals surface area contributed by atoms with E-state index in [4.69, 9.17) is 9.84 Å². The third-order valence-electron chi connectivity index (χ3n) is 6.27. The van der Waals surface area contributed by atoms with E-state index >= 15 is 0 Å². The van der Waals surface area contributed by atoms with Crippen LogP contribution >= 0.6 is 0 Å². The average molecular weight is 406 g/mol. The minimum absolute atomic E-state index is 0.00211. The summed E-state index contributed by atoms with van der Waals surface area (Å²) in [7, 11) is 0. The number of rotatable bonds is 11. The molecule has 0 aromatic rings. The fourth-order valence-corrected chi connectivity index (χ4v) is 4.31. The highest BCUT2D eigenvalue weighted by Crippen LogP contribution is 2.35. The number of aliphatic hydroxyl groups excluding tert-OH is 1. The van der Waals surface area contributed by atoms with E-state index in [0.717, 1.165) is 49.7 Å². The molecule has 1 aliphatic carbocycles. The predicted octanol–water partition coefficient (Wildman–Crippen LogP) is 4.63. The van der Waals surface area contributed by atoms with Crippen LogP contribution in [0.1, 0.15) is 79.1 Å². The Morgan fingerprint density at radius 3 is 2.69 bits per heavy atom. The molecule has 164 valence electrons. The molecule has 0 bridgehead atoms. The lowest BCUT2D eigenvalue weighted by molar-refractivity contribution is -0.119. The molecule has 2 aliphatic rings. The van der Waals surface area contributed by atoms with E-state index in [1.54, 1.807) is 0 Å². The monoisotopic (exact) mass is 405 g/mol. The molecule has 0 fully saturated rings. The molecule has 5 atom stereocenters. The van der Waals surface area contributed by atoms with Crippen molar-refractivity contribution in [2.24, 2.45) is 11.8 Å². The average Bonchev–Trinajstić information content (AvgIpc) is 2.67. The van der Waals surface area contributed by atoms with Gasteiger partial charge in [0.1, 0.15) is 0 Å². The lowest BCUT2D eigenvalue weighted by Crippen LogP contribution is -2.38. The number of ether oxygens (including phenoxy) is 1. The predicted molar refractivity (Wildman–Crippen MR) is 119 cm³/mol. The van der Waals surface area contributed by atoms with Gasteiger partial charge in [-0.15, -0.1) is 0 Å². The molecule has 1 aliphatic heterocycles. The summed E-state index contributed by atoms with van der Waals surface area (Å²) in [6, 6.07) is 0. The Morgan fingerprint density at radius 2 is 2.00 bits per heavy atom. The maximum absolute atomic E-state index is 12.0. The van der Waals surface area contributed by atoms with E-state index in [0.29, 0.717) is 12.3 Å². The van der Waals surface area contributed by atoms with E-state index < -0.39 is 0 Å². The number of aliphatic hydroxyl groups is 1. The molecular weight excluding hydrogens is 364 g/mol. The fourth-order valence-electron chi connectivity index (χ4n) is 4.31. The van der Waals surface area contributed by atoms with Gasteiger partial charge in [0.2, 0.25) is 0 Å². The zero-order valence-electron chi connectivity index (χ0n) is 18.7. The number of carbonyl (C=O) groups is 1. The van der Waals surface area contributed by atoms with Crippen molar-refractivity contribution in [2.75, 3.05) is 6.61 Å². The van der Waals surface area contributed by atoms with Gasteiger partial charge in [-0.25, -0.2) is 0 Å². The first kappa shape index (κ1) is 24.0. The van der Waals surface area contributed by atoms with Crippen LogP contribution in [0.15, 0.2) is 34.9 Å². The maximum Gasteiger partial charge on any atom is 0.159 e. The second-order valence-electron chi connectivity index (χ2n) is 9.30. The van der Waals surface area contributed by atoms with Gasteiger partial charge < -0.3 is 14.9 Å². The Hall–Kier alpha value is -1.23. The summed E-state index contributed by atoms with van der Waals surface area (Å²) in [4.78, 5) is 12.0. The van der Waals surface area contributed by atoms with Gasteiger partial charge >= 0.3 is 0 Å². The first-order valence-electron chi connectivity index (χ1n) is 11.3. The lowest BCUT2D eigenvalue weighted by atomic mass is 9.79. The lowest BCUT2D eigenvalue weighted by Gasteiger charge is -2.37. The molecule has 0 amide bonds. The molecule has 1 heterocycles. The van der Waals surface area contributed by atoms with Crippen LogP contribution in [0.2, 0.25) is 0 Å². The van der Waals surface area contributed by atoms with Gasteiger partial charge in [0, 0.05) is 25.2 Å². The second kappa shape index (κ2) is 11.8. The quantitative estimate of drug-likeness (QED) is 0.402. The number of Topliss-reactive ketones (excluding diaryl/α,β-unsaturated/α-hetero) is 1. The maximum atomic E-state index is 12.0. The van der Waals surface area contributed by atoms with E-state index in [1.807, 2.05) is 19.1 Å². The van der Waals surface area contributed by atoms with Gasteiger partial charge in [0.05, 0.1) is 18.8 Å². The Balaban J connectivity index is 1.71. The van der Waals surface area contributed by atoms with Crippen molar-refractivity contribution in [2.45, 2.75) is 97.4 Å². The van der Waals surface area contributed by atoms with E-state index in [2.05, 4.69) is 26.8 Å². The van der Waals surface area contributed by atoms with E-state index in [-0.39, 0.29) is 36.6 Å². The van der Waals surface area contributed by atoms with Gasteiger partial charge in [-0.05, 0) is 69.6 Å². The van der Waals surface area contributed by atoms with Crippen LogP contribution in [-0.4, -0.2) is 40.9 Å². The molecule has 0 saturated heterocycles. The molecule has 0 aromatic heterocycles. The van der Waals surface area contributed by atoms with Crippen molar-refractivity contribution >= 4 is 5.78 Å². The summed E-state index contributed by atoms with van der Waals surface area (Å²) in [5.41, 5.74) is 3.10. The first-order valence-corrected chi connectivity index (χ1v) is 11.3. The third-order valence-corrected chi connectivity index (χ3v) is 6.27. The number of carbonyl (C=O) groups excluding carboxylic acids is 1. The Bertz CT molecular complexity index is 627. The number of allylic oxidation sites excluding steroid dienone is 3. The topological polar surface area (TPSA) is 69.4 Å². The van der Waals surface area contributed by atoms with Gasteiger partial charge in [0.25, 0.3) is 0 Å². The standard InChI is InChI=1S/C25H40O4/c1-17(2)11-12-18(3)7-5-8-21(27)9-6-10-22-14-20(16-26)23-15-24(28)19(4)13-25(23)29-22/h11,13-14,18,21-23,25-27H,5-10,12,15-16H2,1-4H3/p+1/t18?,21-,22+,23?,25?/m1/s1. The van der Waals surface area contributed by atoms with Crippen LogP contribution in [0.25, 0.3) is 0 Å². The molecule has 2 rings (SSSR count). The number of fused-ring (bicyclic) bond motifs is 1. The van der Waals surface area contributed by atoms with E-state index in [1.165, 1.54) is 12.0 Å². The van der Waals surface area contributed by atoms with Gasteiger partial charge in [-0.3, -0.25) is 4.79 Å². The molecule has 3 unspecified atom stereocenters.